The summed E-state index contributed by atoms with van der Waals surface area (Å²) < 4.78 is 5.53. The average Bonchev–Trinajstić information content (AvgIpc) is 2.30. The first-order chi connectivity index (χ1) is 7.34. The highest BCUT2D eigenvalue weighted by Crippen LogP contribution is 2.11. The van der Waals surface area contributed by atoms with E-state index >= 15 is 0 Å². The van der Waals surface area contributed by atoms with Crippen LogP contribution in [-0.2, 0) is 0 Å². The number of amidine groups is 1. The van der Waals surface area contributed by atoms with E-state index in [9.17, 15) is 0 Å². The molecule has 1 aromatic carbocycles. The molecule has 0 radical (unpaired) electrons. The van der Waals surface area contributed by atoms with Gasteiger partial charge in [-0.2, -0.15) is 5.10 Å². The number of para-hydroxylation sites is 1. The van der Waals surface area contributed by atoms with Gasteiger partial charge in [0.25, 0.3) is 0 Å². The van der Waals surface area contributed by atoms with Gasteiger partial charge in [0.05, 0.1) is 5.71 Å². The zero-order chi connectivity index (χ0) is 10.5. The molecule has 2 N–H and O–H groups in total. The first kappa shape index (κ1) is 10.0. The summed E-state index contributed by atoms with van der Waals surface area (Å²) in [6.45, 7) is 0.466. The topological polar surface area (TPSA) is 60.0 Å². The minimum absolute atomic E-state index is 0.466. The second kappa shape index (κ2) is 4.84. The van der Waals surface area contributed by atoms with Gasteiger partial charge in [0.15, 0.2) is 5.17 Å². The Bertz CT molecular complexity index is 389. The maximum atomic E-state index is 5.53. The van der Waals surface area contributed by atoms with E-state index in [2.05, 4.69) is 10.2 Å². The molecule has 0 aliphatic carbocycles. The van der Waals surface area contributed by atoms with Gasteiger partial charge in [-0.3, -0.25) is 0 Å². The Morgan fingerprint density at radius 1 is 1.27 bits per heavy atom. The van der Waals surface area contributed by atoms with Crippen molar-refractivity contribution in [2.75, 3.05) is 12.4 Å². The van der Waals surface area contributed by atoms with Crippen molar-refractivity contribution < 1.29 is 4.74 Å². The summed E-state index contributed by atoms with van der Waals surface area (Å²) in [6.07, 6.45) is 0. The highest BCUT2D eigenvalue weighted by atomic mass is 32.2. The van der Waals surface area contributed by atoms with Crippen LogP contribution in [0.3, 0.4) is 0 Å². The highest BCUT2D eigenvalue weighted by molar-refractivity contribution is 8.14. The Balaban J connectivity index is 1.89. The molecule has 1 heterocycles. The average molecular weight is 221 g/mol. The maximum absolute atomic E-state index is 5.53. The fraction of sp³-hybridized carbons (Fsp3) is 0.200. The molecule has 0 saturated carbocycles. The van der Waals surface area contributed by atoms with Gasteiger partial charge in [0.1, 0.15) is 12.4 Å². The Labute approximate surface area is 92.2 Å². The molecule has 0 fully saturated rings. The van der Waals surface area contributed by atoms with Crippen molar-refractivity contribution in [2.45, 2.75) is 0 Å². The number of thioether (sulfide) groups is 1. The van der Waals surface area contributed by atoms with Gasteiger partial charge >= 0.3 is 0 Å². The minimum atomic E-state index is 0.466. The molecular formula is C10H11N3OS. The molecular weight excluding hydrogens is 210 g/mol. The largest absolute Gasteiger partial charge is 0.488 e. The van der Waals surface area contributed by atoms with Crippen LogP contribution in [0.2, 0.25) is 0 Å². The summed E-state index contributed by atoms with van der Waals surface area (Å²) in [5.41, 5.74) is 6.37. The van der Waals surface area contributed by atoms with Crippen LogP contribution < -0.4 is 10.5 Å². The van der Waals surface area contributed by atoms with E-state index in [1.165, 1.54) is 11.8 Å². The van der Waals surface area contributed by atoms with Gasteiger partial charge < -0.3 is 10.5 Å². The molecule has 0 saturated heterocycles. The number of hydrogen-bond acceptors (Lipinski definition) is 5. The molecule has 2 rings (SSSR count). The first-order valence-electron chi connectivity index (χ1n) is 4.54. The number of hydrogen-bond donors (Lipinski definition) is 1. The molecule has 0 bridgehead atoms. The van der Waals surface area contributed by atoms with Crippen LogP contribution >= 0.6 is 11.8 Å². The molecule has 0 spiro atoms. The lowest BCUT2D eigenvalue weighted by atomic mass is 10.3. The Hall–Kier alpha value is -1.49. The Morgan fingerprint density at radius 3 is 2.73 bits per heavy atom. The van der Waals surface area contributed by atoms with E-state index in [0.717, 1.165) is 17.2 Å². The summed E-state index contributed by atoms with van der Waals surface area (Å²) in [5, 5.41) is 8.26. The fourth-order valence-electron chi connectivity index (χ4n) is 1.09. The molecule has 15 heavy (non-hydrogen) atoms. The Kier molecular flexibility index (Phi) is 3.24. The summed E-state index contributed by atoms with van der Waals surface area (Å²) >= 11 is 1.48. The standard InChI is InChI=1S/C10H11N3OS/c11-10-13-12-8(7-15-10)6-14-9-4-2-1-3-5-9/h1-5H,6-7H2,(H2,11,13). The van der Waals surface area contributed by atoms with Crippen LogP contribution in [0, 0.1) is 0 Å². The van der Waals surface area contributed by atoms with E-state index in [1.54, 1.807) is 0 Å². The third-order valence-corrected chi connectivity index (χ3v) is 2.68. The lowest BCUT2D eigenvalue weighted by molar-refractivity contribution is 0.376. The highest BCUT2D eigenvalue weighted by Gasteiger charge is 2.08. The zero-order valence-electron chi connectivity index (χ0n) is 8.09. The quantitative estimate of drug-likeness (QED) is 0.841. The number of nitrogens with zero attached hydrogens (tertiary/aromatic N) is 2. The lowest BCUT2D eigenvalue weighted by Crippen LogP contribution is -2.20. The van der Waals surface area contributed by atoms with Crippen molar-refractivity contribution in [3.05, 3.63) is 30.3 Å². The lowest BCUT2D eigenvalue weighted by Gasteiger charge is -2.10. The number of rotatable bonds is 3. The van der Waals surface area contributed by atoms with Crippen molar-refractivity contribution in [1.82, 2.24) is 0 Å². The van der Waals surface area contributed by atoms with Crippen molar-refractivity contribution in [3.63, 3.8) is 0 Å². The number of benzene rings is 1. The van der Waals surface area contributed by atoms with Gasteiger partial charge in [-0.05, 0) is 12.1 Å². The van der Waals surface area contributed by atoms with E-state index in [-0.39, 0.29) is 0 Å². The molecule has 5 heteroatoms. The van der Waals surface area contributed by atoms with Crippen molar-refractivity contribution in [1.29, 1.82) is 0 Å². The summed E-state index contributed by atoms with van der Waals surface area (Å²) in [7, 11) is 0. The van der Waals surface area contributed by atoms with E-state index < -0.39 is 0 Å². The molecule has 78 valence electrons. The van der Waals surface area contributed by atoms with Crippen LogP contribution in [0.5, 0.6) is 5.75 Å². The van der Waals surface area contributed by atoms with Crippen LogP contribution in [-0.4, -0.2) is 23.2 Å². The number of nitrogens with two attached hydrogens (primary N) is 1. The Morgan fingerprint density at radius 2 is 2.07 bits per heavy atom. The van der Waals surface area contributed by atoms with Crippen LogP contribution in [0.15, 0.2) is 40.5 Å². The van der Waals surface area contributed by atoms with Crippen molar-refractivity contribution >= 4 is 22.6 Å². The van der Waals surface area contributed by atoms with E-state index in [4.69, 9.17) is 10.5 Å². The first-order valence-corrected chi connectivity index (χ1v) is 5.52. The van der Waals surface area contributed by atoms with Crippen molar-refractivity contribution in [2.24, 2.45) is 15.9 Å². The third-order valence-electron chi connectivity index (χ3n) is 1.83. The summed E-state index contributed by atoms with van der Waals surface area (Å²) in [5.74, 6) is 1.59. The zero-order valence-corrected chi connectivity index (χ0v) is 8.91. The molecule has 0 atom stereocenters. The summed E-state index contributed by atoms with van der Waals surface area (Å²) in [4.78, 5) is 0. The normalized spacial score (nSPS) is 15.5. The van der Waals surface area contributed by atoms with Gasteiger partial charge in [-0.25, -0.2) is 0 Å². The summed E-state index contributed by atoms with van der Waals surface area (Å²) in [6, 6.07) is 9.64. The molecule has 1 aliphatic rings. The van der Waals surface area contributed by atoms with E-state index in [0.29, 0.717) is 11.8 Å². The molecule has 0 unspecified atom stereocenters. The maximum Gasteiger partial charge on any atom is 0.180 e. The predicted octanol–water partition coefficient (Wildman–Crippen LogP) is 1.48. The van der Waals surface area contributed by atoms with Gasteiger partial charge in [-0.15, -0.1) is 5.10 Å². The molecule has 1 aromatic rings. The predicted molar refractivity (Wildman–Crippen MR) is 63.5 cm³/mol. The second-order valence-electron chi connectivity index (χ2n) is 2.99. The van der Waals surface area contributed by atoms with Crippen LogP contribution in [0.1, 0.15) is 0 Å². The third kappa shape index (κ3) is 2.99. The van der Waals surface area contributed by atoms with Crippen LogP contribution in [0.4, 0.5) is 0 Å². The van der Waals surface area contributed by atoms with Gasteiger partial charge in [0, 0.05) is 5.75 Å². The molecule has 0 amide bonds. The van der Waals surface area contributed by atoms with Gasteiger partial charge in [-0.1, -0.05) is 30.0 Å². The van der Waals surface area contributed by atoms with Crippen LogP contribution in [0.25, 0.3) is 0 Å². The molecule has 4 nitrogen and oxygen atoms in total. The smallest absolute Gasteiger partial charge is 0.180 e. The SMILES string of the molecule is NC1=NN=C(COc2ccccc2)CS1. The van der Waals surface area contributed by atoms with Crippen molar-refractivity contribution in [3.8, 4) is 5.75 Å². The number of ether oxygens (including phenoxy) is 1. The minimum Gasteiger partial charge on any atom is -0.488 e. The molecule has 1 aliphatic heterocycles. The van der Waals surface area contributed by atoms with E-state index in [1.807, 2.05) is 30.3 Å². The monoisotopic (exact) mass is 221 g/mol. The fourth-order valence-corrected chi connectivity index (χ4v) is 1.64. The molecule has 0 aromatic heterocycles. The van der Waals surface area contributed by atoms with Gasteiger partial charge in [0.2, 0.25) is 0 Å². The second-order valence-corrected chi connectivity index (χ2v) is 3.99.